The number of nitrogens with zero attached hydrogens (tertiary/aromatic N) is 2. The van der Waals surface area contributed by atoms with E-state index in [2.05, 4.69) is 162 Å². The molecule has 0 radical (unpaired) electrons. The van der Waals surface area contributed by atoms with Crippen LogP contribution in [0, 0.1) is 0 Å². The Labute approximate surface area is 251 Å². The average molecular weight is 552 g/mol. The molecule has 0 fully saturated rings. The van der Waals surface area contributed by atoms with Gasteiger partial charge in [-0.05, 0) is 58.2 Å². The Bertz CT molecular complexity index is 2070. The molecular weight excluding hydrogens is 522 g/mol. The van der Waals surface area contributed by atoms with E-state index in [9.17, 15) is 0 Å². The van der Waals surface area contributed by atoms with Crippen molar-refractivity contribution in [3.63, 3.8) is 0 Å². The Balaban J connectivity index is 1.18. The number of benzene rings is 6. The van der Waals surface area contributed by atoms with Crippen molar-refractivity contribution in [2.24, 2.45) is 4.99 Å². The highest BCUT2D eigenvalue weighted by Gasteiger charge is 2.20. The number of rotatable bonds is 5. The molecule has 0 saturated carbocycles. The van der Waals surface area contributed by atoms with Crippen LogP contribution < -0.4 is 5.32 Å². The highest BCUT2D eigenvalue weighted by Crippen LogP contribution is 2.33. The topological polar surface area (TPSA) is 29.3 Å². The van der Waals surface area contributed by atoms with E-state index in [0.717, 1.165) is 33.8 Å². The van der Waals surface area contributed by atoms with Gasteiger partial charge in [-0.1, -0.05) is 133 Å². The molecule has 3 nitrogen and oxygen atoms in total. The van der Waals surface area contributed by atoms with Gasteiger partial charge in [0.15, 0.2) is 0 Å². The summed E-state index contributed by atoms with van der Waals surface area (Å²) in [5.41, 5.74) is 11.4. The summed E-state index contributed by atoms with van der Waals surface area (Å²) in [6, 6.07) is 55.7. The van der Waals surface area contributed by atoms with Gasteiger partial charge in [-0.3, -0.25) is 4.99 Å². The van der Waals surface area contributed by atoms with Crippen LogP contribution in [0.5, 0.6) is 0 Å². The normalized spacial score (nSPS) is 14.7. The lowest BCUT2D eigenvalue weighted by Crippen LogP contribution is -2.24. The number of aromatic nitrogens is 1. The molecule has 0 saturated heterocycles. The average Bonchev–Trinajstić information content (AvgIpc) is 3.43. The highest BCUT2D eigenvalue weighted by molar-refractivity contribution is 6.13. The Morgan fingerprint density at radius 3 is 1.63 bits per heavy atom. The third-order valence-electron chi connectivity index (χ3n) is 8.26. The van der Waals surface area contributed by atoms with Gasteiger partial charge in [0, 0.05) is 22.2 Å². The first-order valence-electron chi connectivity index (χ1n) is 14.7. The lowest BCUT2D eigenvalue weighted by atomic mass is 9.99. The van der Waals surface area contributed by atoms with Crippen LogP contribution in [0.3, 0.4) is 0 Å². The zero-order valence-electron chi connectivity index (χ0n) is 23.6. The summed E-state index contributed by atoms with van der Waals surface area (Å²) in [6.07, 6.45) is 1.99. The summed E-state index contributed by atoms with van der Waals surface area (Å²) in [4.78, 5) is 5.15. The van der Waals surface area contributed by atoms with Crippen molar-refractivity contribution in [1.29, 1.82) is 0 Å². The molecule has 204 valence electrons. The van der Waals surface area contributed by atoms with Gasteiger partial charge < -0.3 is 9.88 Å². The van der Waals surface area contributed by atoms with E-state index in [1.807, 2.05) is 12.1 Å². The van der Waals surface area contributed by atoms with Crippen LogP contribution in [-0.2, 0) is 0 Å². The van der Waals surface area contributed by atoms with E-state index in [0.29, 0.717) is 0 Å². The van der Waals surface area contributed by atoms with E-state index < -0.39 is 0 Å². The van der Waals surface area contributed by atoms with Crippen molar-refractivity contribution in [3.05, 3.63) is 180 Å². The molecule has 2 heterocycles. The summed E-state index contributed by atoms with van der Waals surface area (Å²) >= 11 is 0. The van der Waals surface area contributed by atoms with Gasteiger partial charge in [0.05, 0.1) is 16.7 Å². The second kappa shape index (κ2) is 10.6. The first-order chi connectivity index (χ1) is 21.3. The number of hydrogen-bond acceptors (Lipinski definition) is 2. The third-order valence-corrected chi connectivity index (χ3v) is 8.26. The number of nitrogens with one attached hydrogen (secondary N) is 1. The molecule has 0 aliphatic carbocycles. The highest BCUT2D eigenvalue weighted by atomic mass is 15.1. The monoisotopic (exact) mass is 551 g/mol. The number of para-hydroxylation sites is 2. The minimum atomic E-state index is -0.179. The van der Waals surface area contributed by atoms with Gasteiger partial charge in [-0.25, -0.2) is 0 Å². The smallest absolute Gasteiger partial charge is 0.145 e. The quantitative estimate of drug-likeness (QED) is 0.227. The number of fused-ring (bicyclic) bond motifs is 3. The van der Waals surface area contributed by atoms with E-state index in [4.69, 9.17) is 4.99 Å². The largest absolute Gasteiger partial charge is 0.360 e. The fraction of sp³-hybridized carbons (Fsp3) is 0.0250. The molecule has 8 rings (SSSR count). The molecule has 0 amide bonds. The molecule has 1 aliphatic rings. The molecule has 0 bridgehead atoms. The molecule has 1 N–H and O–H groups in total. The fourth-order valence-corrected chi connectivity index (χ4v) is 6.11. The first kappa shape index (κ1) is 25.1. The molecule has 3 heteroatoms. The predicted octanol–water partition coefficient (Wildman–Crippen LogP) is 9.58. The van der Waals surface area contributed by atoms with Gasteiger partial charge >= 0.3 is 0 Å². The van der Waals surface area contributed by atoms with Crippen LogP contribution in [0.2, 0.25) is 0 Å². The number of aliphatic imine (C=N–C) groups is 1. The van der Waals surface area contributed by atoms with Gasteiger partial charge in [-0.15, -0.1) is 0 Å². The van der Waals surface area contributed by atoms with Crippen molar-refractivity contribution in [2.75, 3.05) is 0 Å². The van der Waals surface area contributed by atoms with Crippen molar-refractivity contribution >= 4 is 33.2 Å². The van der Waals surface area contributed by atoms with Crippen LogP contribution in [0.15, 0.2) is 169 Å². The number of hydrogen-bond donors (Lipinski definition) is 1. The fourth-order valence-electron chi connectivity index (χ4n) is 6.11. The van der Waals surface area contributed by atoms with Crippen molar-refractivity contribution in [3.8, 4) is 16.8 Å². The summed E-state index contributed by atoms with van der Waals surface area (Å²) in [7, 11) is 0. The predicted molar refractivity (Wildman–Crippen MR) is 179 cm³/mol. The van der Waals surface area contributed by atoms with Crippen molar-refractivity contribution < 1.29 is 0 Å². The summed E-state index contributed by atoms with van der Waals surface area (Å²) < 4.78 is 2.35. The van der Waals surface area contributed by atoms with Gasteiger partial charge in [0.1, 0.15) is 6.17 Å². The maximum atomic E-state index is 5.15. The van der Waals surface area contributed by atoms with Crippen LogP contribution in [0.1, 0.15) is 22.9 Å². The second-order valence-electron chi connectivity index (χ2n) is 10.9. The van der Waals surface area contributed by atoms with Crippen LogP contribution in [0.25, 0.3) is 44.3 Å². The molecule has 1 atom stereocenters. The van der Waals surface area contributed by atoms with Crippen LogP contribution in [0.4, 0.5) is 0 Å². The molecule has 7 aromatic rings. The van der Waals surface area contributed by atoms with E-state index in [-0.39, 0.29) is 6.17 Å². The molecule has 1 aromatic heterocycles. The molecule has 6 aromatic carbocycles. The Morgan fingerprint density at radius 2 is 0.977 bits per heavy atom. The van der Waals surface area contributed by atoms with Gasteiger partial charge in [0.2, 0.25) is 0 Å². The lowest BCUT2D eigenvalue weighted by Gasteiger charge is -2.25. The first-order valence-corrected chi connectivity index (χ1v) is 14.7. The number of allylic oxidation sites excluding steroid dienone is 1. The SMILES string of the molecule is C1=C(c2ccc(-n3c4ccccc4c4ccccc43)cc2)NC(c2ccccc2)N=C1c1ccc(-c2ccccc2)cc1. The van der Waals surface area contributed by atoms with Crippen molar-refractivity contribution in [2.45, 2.75) is 6.17 Å². The maximum Gasteiger partial charge on any atom is 0.145 e. The summed E-state index contributed by atoms with van der Waals surface area (Å²) in [5.74, 6) is 0. The molecule has 43 heavy (non-hydrogen) atoms. The third kappa shape index (κ3) is 4.61. The Morgan fingerprint density at radius 1 is 0.465 bits per heavy atom. The van der Waals surface area contributed by atoms with E-state index in [1.165, 1.54) is 32.9 Å². The molecule has 0 spiro atoms. The lowest BCUT2D eigenvalue weighted by molar-refractivity contribution is 0.664. The minimum absolute atomic E-state index is 0.179. The van der Waals surface area contributed by atoms with E-state index >= 15 is 0 Å². The zero-order valence-corrected chi connectivity index (χ0v) is 23.6. The van der Waals surface area contributed by atoms with Crippen LogP contribution >= 0.6 is 0 Å². The molecule has 1 aliphatic heterocycles. The molecule has 1 unspecified atom stereocenters. The van der Waals surface area contributed by atoms with Crippen molar-refractivity contribution in [1.82, 2.24) is 9.88 Å². The maximum absolute atomic E-state index is 5.15. The van der Waals surface area contributed by atoms with E-state index in [1.54, 1.807) is 0 Å². The van der Waals surface area contributed by atoms with Gasteiger partial charge in [0.25, 0.3) is 0 Å². The summed E-state index contributed by atoms with van der Waals surface area (Å²) in [5, 5.41) is 6.24. The molecular formula is C40H29N3. The zero-order chi connectivity index (χ0) is 28.6. The van der Waals surface area contributed by atoms with Crippen LogP contribution in [-0.4, -0.2) is 10.3 Å². The minimum Gasteiger partial charge on any atom is -0.360 e. The standard InChI is InChI=1S/C40H29N3/c1-3-11-28(12-4-1)29-19-21-30(22-20-29)36-27-37(42-40(41-36)32-13-5-2-6-14-32)31-23-25-33(26-24-31)43-38-17-9-7-15-34(38)35-16-8-10-18-39(35)43/h1-27,40,42H. The van der Waals surface area contributed by atoms with Gasteiger partial charge in [-0.2, -0.15) is 0 Å². The Hall–Kier alpha value is -5.67. The second-order valence-corrected chi connectivity index (χ2v) is 10.9. The Kier molecular flexibility index (Phi) is 6.20. The summed E-state index contributed by atoms with van der Waals surface area (Å²) in [6.45, 7) is 0.